The van der Waals surface area contributed by atoms with Gasteiger partial charge < -0.3 is 5.48 Å². The first-order valence-electron chi connectivity index (χ1n) is 3.87. The fraction of sp³-hybridized carbons (Fsp3) is 0.333. The van der Waals surface area contributed by atoms with Gasteiger partial charge in [-0.2, -0.15) is 8.42 Å². The highest BCUT2D eigenvalue weighted by Gasteiger charge is 2.15. The molecular weight excluding hydrogens is 204 g/mol. The molecule has 1 aromatic rings. The SMILES string of the molecule is Cc1cc(C)c(S(=O)(=O)O)c(C)c1.O. The third-order valence-corrected chi connectivity index (χ3v) is 3.02. The molecule has 0 fully saturated rings. The molecule has 4 nitrogen and oxygen atoms in total. The zero-order valence-corrected chi connectivity index (χ0v) is 9.14. The highest BCUT2D eigenvalue weighted by molar-refractivity contribution is 7.86. The molecule has 5 heteroatoms. The third kappa shape index (κ3) is 2.54. The van der Waals surface area contributed by atoms with E-state index in [-0.39, 0.29) is 10.4 Å². The number of hydrogen-bond donors (Lipinski definition) is 1. The topological polar surface area (TPSA) is 85.9 Å². The Morgan fingerprint density at radius 2 is 1.43 bits per heavy atom. The van der Waals surface area contributed by atoms with Crippen molar-refractivity contribution < 1.29 is 18.4 Å². The van der Waals surface area contributed by atoms with Gasteiger partial charge >= 0.3 is 0 Å². The normalized spacial score (nSPS) is 10.9. The predicted molar refractivity (Wildman–Crippen MR) is 54.1 cm³/mol. The van der Waals surface area contributed by atoms with Crippen molar-refractivity contribution in [1.82, 2.24) is 0 Å². The number of aryl methyl sites for hydroxylation is 3. The Labute approximate surface area is 83.6 Å². The lowest BCUT2D eigenvalue weighted by atomic mass is 10.1. The van der Waals surface area contributed by atoms with Crippen LogP contribution in [0, 0.1) is 20.8 Å². The van der Waals surface area contributed by atoms with Crippen molar-refractivity contribution >= 4 is 10.1 Å². The number of rotatable bonds is 1. The second-order valence-electron chi connectivity index (χ2n) is 3.20. The van der Waals surface area contributed by atoms with E-state index in [9.17, 15) is 8.42 Å². The van der Waals surface area contributed by atoms with Gasteiger partial charge in [-0.15, -0.1) is 0 Å². The van der Waals surface area contributed by atoms with Crippen molar-refractivity contribution in [1.29, 1.82) is 0 Å². The Hall–Kier alpha value is -0.910. The molecule has 0 saturated heterocycles. The van der Waals surface area contributed by atoms with Crippen LogP contribution in [0.3, 0.4) is 0 Å². The smallest absolute Gasteiger partial charge is 0.295 e. The molecule has 0 unspecified atom stereocenters. The maximum Gasteiger partial charge on any atom is 0.295 e. The second-order valence-corrected chi connectivity index (χ2v) is 4.56. The van der Waals surface area contributed by atoms with Crippen LogP contribution in [0.15, 0.2) is 17.0 Å². The average Bonchev–Trinajstić information content (AvgIpc) is 1.78. The predicted octanol–water partition coefficient (Wildman–Crippen LogP) is 1.03. The van der Waals surface area contributed by atoms with Crippen molar-refractivity contribution in [3.63, 3.8) is 0 Å². The van der Waals surface area contributed by atoms with E-state index in [0.29, 0.717) is 11.1 Å². The van der Waals surface area contributed by atoms with Crippen molar-refractivity contribution in [2.24, 2.45) is 0 Å². The second kappa shape index (κ2) is 4.08. The lowest BCUT2D eigenvalue weighted by Gasteiger charge is -2.07. The molecule has 0 saturated carbocycles. The molecule has 14 heavy (non-hydrogen) atoms. The molecular formula is C9H14O4S. The standard InChI is InChI=1S/C9H12O3S.H2O/c1-6-4-7(2)9(8(3)5-6)13(10,11)12;/h4-5H,1-3H3,(H,10,11,12);1H2. The molecule has 0 heterocycles. The highest BCUT2D eigenvalue weighted by atomic mass is 32.2. The van der Waals surface area contributed by atoms with E-state index in [1.54, 1.807) is 26.0 Å². The van der Waals surface area contributed by atoms with E-state index < -0.39 is 10.1 Å². The average molecular weight is 218 g/mol. The summed E-state index contributed by atoms with van der Waals surface area (Å²) in [6, 6.07) is 3.46. The quantitative estimate of drug-likeness (QED) is 0.714. The molecule has 0 aliphatic rings. The van der Waals surface area contributed by atoms with Gasteiger partial charge in [-0.05, 0) is 31.9 Å². The zero-order valence-electron chi connectivity index (χ0n) is 8.33. The molecule has 1 aromatic carbocycles. The van der Waals surface area contributed by atoms with Crippen LogP contribution in [0.4, 0.5) is 0 Å². The summed E-state index contributed by atoms with van der Waals surface area (Å²) in [5, 5.41) is 0. The van der Waals surface area contributed by atoms with Gasteiger partial charge in [0, 0.05) is 0 Å². The zero-order chi connectivity index (χ0) is 10.2. The van der Waals surface area contributed by atoms with E-state index in [1.165, 1.54) is 0 Å². The molecule has 0 amide bonds. The molecule has 0 bridgehead atoms. The van der Waals surface area contributed by atoms with E-state index in [4.69, 9.17) is 4.55 Å². The largest absolute Gasteiger partial charge is 0.412 e. The first-order valence-corrected chi connectivity index (χ1v) is 5.31. The van der Waals surface area contributed by atoms with Crippen molar-refractivity contribution in [2.75, 3.05) is 0 Å². The maximum atomic E-state index is 10.9. The van der Waals surface area contributed by atoms with Crippen LogP contribution in [0.25, 0.3) is 0 Å². The molecule has 3 N–H and O–H groups in total. The molecule has 80 valence electrons. The molecule has 0 spiro atoms. The molecule has 0 radical (unpaired) electrons. The summed E-state index contributed by atoms with van der Waals surface area (Å²) in [6.45, 7) is 5.22. The van der Waals surface area contributed by atoms with E-state index in [1.807, 2.05) is 6.92 Å². The summed E-state index contributed by atoms with van der Waals surface area (Å²) < 4.78 is 30.8. The summed E-state index contributed by atoms with van der Waals surface area (Å²) in [6.07, 6.45) is 0. The van der Waals surface area contributed by atoms with Gasteiger partial charge in [0.05, 0.1) is 4.90 Å². The Morgan fingerprint density at radius 3 is 1.71 bits per heavy atom. The van der Waals surface area contributed by atoms with Crippen LogP contribution >= 0.6 is 0 Å². The van der Waals surface area contributed by atoms with Gasteiger partial charge in [0.25, 0.3) is 10.1 Å². The van der Waals surface area contributed by atoms with Crippen LogP contribution < -0.4 is 0 Å². The van der Waals surface area contributed by atoms with Gasteiger partial charge in [0.2, 0.25) is 0 Å². The minimum Gasteiger partial charge on any atom is -0.412 e. The molecule has 0 atom stereocenters. The molecule has 0 aromatic heterocycles. The van der Waals surface area contributed by atoms with E-state index >= 15 is 0 Å². The Balaban J connectivity index is 0.00000169. The van der Waals surface area contributed by atoms with Gasteiger partial charge in [-0.25, -0.2) is 0 Å². The van der Waals surface area contributed by atoms with Gasteiger partial charge in [-0.3, -0.25) is 4.55 Å². The van der Waals surface area contributed by atoms with Crippen LogP contribution in [0.1, 0.15) is 16.7 Å². The molecule has 0 aliphatic heterocycles. The first kappa shape index (κ1) is 13.1. The summed E-state index contributed by atoms with van der Waals surface area (Å²) >= 11 is 0. The summed E-state index contributed by atoms with van der Waals surface area (Å²) in [5.74, 6) is 0. The lowest BCUT2D eigenvalue weighted by molar-refractivity contribution is 0.482. The van der Waals surface area contributed by atoms with Gasteiger partial charge in [0.1, 0.15) is 0 Å². The Morgan fingerprint density at radius 1 is 1.07 bits per heavy atom. The van der Waals surface area contributed by atoms with Crippen LogP contribution in [-0.4, -0.2) is 18.4 Å². The summed E-state index contributed by atoms with van der Waals surface area (Å²) in [7, 11) is -4.08. The number of hydrogen-bond acceptors (Lipinski definition) is 2. The fourth-order valence-electron chi connectivity index (χ4n) is 1.57. The lowest BCUT2D eigenvalue weighted by Crippen LogP contribution is -2.04. The number of benzene rings is 1. The molecule has 0 aliphatic carbocycles. The Bertz CT molecular complexity index is 411. The van der Waals surface area contributed by atoms with Crippen molar-refractivity contribution in [3.05, 3.63) is 28.8 Å². The van der Waals surface area contributed by atoms with Crippen molar-refractivity contribution in [2.45, 2.75) is 25.7 Å². The van der Waals surface area contributed by atoms with Crippen LogP contribution in [0.5, 0.6) is 0 Å². The highest BCUT2D eigenvalue weighted by Crippen LogP contribution is 2.20. The van der Waals surface area contributed by atoms with Gasteiger partial charge in [0.15, 0.2) is 0 Å². The van der Waals surface area contributed by atoms with Gasteiger partial charge in [-0.1, -0.05) is 17.7 Å². The minimum absolute atomic E-state index is 0. The Kier molecular flexibility index (Phi) is 3.81. The summed E-state index contributed by atoms with van der Waals surface area (Å²) in [5.41, 5.74) is 2.16. The molecule has 1 rings (SSSR count). The maximum absolute atomic E-state index is 10.9. The first-order chi connectivity index (χ1) is 5.82. The van der Waals surface area contributed by atoms with Crippen molar-refractivity contribution in [3.8, 4) is 0 Å². The monoisotopic (exact) mass is 218 g/mol. The fourth-order valence-corrected chi connectivity index (χ4v) is 2.51. The minimum atomic E-state index is -4.08. The van der Waals surface area contributed by atoms with Crippen LogP contribution in [-0.2, 0) is 10.1 Å². The van der Waals surface area contributed by atoms with E-state index in [2.05, 4.69) is 0 Å². The third-order valence-electron chi connectivity index (χ3n) is 1.86. The summed E-state index contributed by atoms with van der Waals surface area (Å²) in [4.78, 5) is 0.0260. The van der Waals surface area contributed by atoms with E-state index in [0.717, 1.165) is 5.56 Å². The van der Waals surface area contributed by atoms with Crippen LogP contribution in [0.2, 0.25) is 0 Å².